The second-order valence-electron chi connectivity index (χ2n) is 5.22. The van der Waals surface area contributed by atoms with Gasteiger partial charge in [-0.1, -0.05) is 0 Å². The van der Waals surface area contributed by atoms with Crippen molar-refractivity contribution in [3.05, 3.63) is 29.8 Å². The molecule has 1 fully saturated rings. The Morgan fingerprint density at radius 2 is 2.17 bits per heavy atom. The molecule has 1 heterocycles. The largest absolute Gasteiger partial charge is 0.484 e. The number of ether oxygens (including phenoxy) is 2. The van der Waals surface area contributed by atoms with Crippen molar-refractivity contribution in [1.29, 1.82) is 0 Å². The molecule has 0 unspecified atom stereocenters. The Morgan fingerprint density at radius 1 is 1.39 bits per heavy atom. The van der Waals surface area contributed by atoms with Crippen LogP contribution in [-0.2, 0) is 14.3 Å². The topological polar surface area (TPSA) is 89.0 Å². The second kappa shape index (κ2) is 8.89. The second-order valence-corrected chi connectivity index (χ2v) is 5.22. The number of amides is 2. The van der Waals surface area contributed by atoms with E-state index in [1.54, 1.807) is 24.3 Å². The number of benzene rings is 1. The minimum Gasteiger partial charge on any atom is -0.484 e. The molecule has 1 atom stereocenters. The fourth-order valence-electron chi connectivity index (χ4n) is 2.08. The Hall–Kier alpha value is -2.41. The van der Waals surface area contributed by atoms with Gasteiger partial charge in [0.15, 0.2) is 6.61 Å². The van der Waals surface area contributed by atoms with Crippen molar-refractivity contribution < 1.29 is 19.1 Å². The highest BCUT2D eigenvalue weighted by Gasteiger charge is 2.16. The van der Waals surface area contributed by atoms with E-state index in [0.717, 1.165) is 25.0 Å². The van der Waals surface area contributed by atoms with Crippen LogP contribution in [0.2, 0.25) is 0 Å². The lowest BCUT2D eigenvalue weighted by Crippen LogP contribution is -2.35. The monoisotopic (exact) mass is 319 g/mol. The molecule has 1 aromatic rings. The summed E-state index contributed by atoms with van der Waals surface area (Å²) in [6, 6.07) is 7.04. The SMILES string of the molecule is CC(=O)N/N=C/c1ccc(OCC(=O)NC[C@@H]2CCCO2)cc1. The highest BCUT2D eigenvalue weighted by Crippen LogP contribution is 2.12. The lowest BCUT2D eigenvalue weighted by Gasteiger charge is -2.11. The number of carbonyl (C=O) groups is 2. The molecular formula is C16H21N3O4. The van der Waals surface area contributed by atoms with Crippen LogP contribution in [-0.4, -0.2) is 43.9 Å². The molecule has 2 N–H and O–H groups in total. The molecule has 0 saturated carbocycles. The summed E-state index contributed by atoms with van der Waals surface area (Å²) in [7, 11) is 0. The van der Waals surface area contributed by atoms with Crippen molar-refractivity contribution in [2.75, 3.05) is 19.8 Å². The lowest BCUT2D eigenvalue weighted by atomic mass is 10.2. The van der Waals surface area contributed by atoms with E-state index in [-0.39, 0.29) is 24.5 Å². The standard InChI is InChI=1S/C16H21N3O4/c1-12(20)19-18-9-13-4-6-14(7-5-13)23-11-16(21)17-10-15-3-2-8-22-15/h4-7,9,15H,2-3,8,10-11H2,1H3,(H,17,21)(H,19,20)/b18-9+/t15-/m0/s1. The van der Waals surface area contributed by atoms with Crippen LogP contribution >= 0.6 is 0 Å². The molecule has 1 aromatic carbocycles. The maximum Gasteiger partial charge on any atom is 0.258 e. The Balaban J connectivity index is 1.69. The van der Waals surface area contributed by atoms with Crippen LogP contribution in [0.1, 0.15) is 25.3 Å². The maximum absolute atomic E-state index is 11.7. The quantitative estimate of drug-likeness (QED) is 0.575. The van der Waals surface area contributed by atoms with Crippen molar-refractivity contribution in [3.8, 4) is 5.75 Å². The first-order chi connectivity index (χ1) is 11.1. The average Bonchev–Trinajstić information content (AvgIpc) is 3.05. The third-order valence-electron chi connectivity index (χ3n) is 3.24. The van der Waals surface area contributed by atoms with E-state index in [2.05, 4.69) is 15.8 Å². The molecule has 2 rings (SSSR count). The number of hydrogen-bond acceptors (Lipinski definition) is 5. The summed E-state index contributed by atoms with van der Waals surface area (Å²) in [6.45, 7) is 2.65. The predicted molar refractivity (Wildman–Crippen MR) is 85.3 cm³/mol. The van der Waals surface area contributed by atoms with E-state index in [1.807, 2.05) is 0 Å². The van der Waals surface area contributed by atoms with Gasteiger partial charge < -0.3 is 14.8 Å². The average molecular weight is 319 g/mol. The number of hydrogen-bond donors (Lipinski definition) is 2. The molecule has 1 aliphatic heterocycles. The fourth-order valence-corrected chi connectivity index (χ4v) is 2.08. The van der Waals surface area contributed by atoms with Crippen molar-refractivity contribution in [3.63, 3.8) is 0 Å². The molecule has 1 saturated heterocycles. The minimum atomic E-state index is -0.227. The van der Waals surface area contributed by atoms with Gasteiger partial charge in [-0.15, -0.1) is 0 Å². The normalized spacial score (nSPS) is 17.2. The minimum absolute atomic E-state index is 0.0357. The van der Waals surface area contributed by atoms with Crippen molar-refractivity contribution in [1.82, 2.24) is 10.7 Å². The van der Waals surface area contributed by atoms with E-state index in [9.17, 15) is 9.59 Å². The smallest absolute Gasteiger partial charge is 0.258 e. The Bertz CT molecular complexity index is 551. The van der Waals surface area contributed by atoms with Crippen LogP contribution in [0.5, 0.6) is 5.75 Å². The molecule has 0 spiro atoms. The lowest BCUT2D eigenvalue weighted by molar-refractivity contribution is -0.123. The summed E-state index contributed by atoms with van der Waals surface area (Å²) in [5.41, 5.74) is 3.14. The Labute approximate surface area is 135 Å². The van der Waals surface area contributed by atoms with Crippen LogP contribution in [0, 0.1) is 0 Å². The number of nitrogens with zero attached hydrogens (tertiary/aromatic N) is 1. The van der Waals surface area contributed by atoms with Gasteiger partial charge in [0.1, 0.15) is 5.75 Å². The zero-order valence-corrected chi connectivity index (χ0v) is 13.1. The summed E-state index contributed by atoms with van der Waals surface area (Å²) >= 11 is 0. The van der Waals surface area contributed by atoms with Gasteiger partial charge in [0, 0.05) is 20.1 Å². The fraction of sp³-hybridized carbons (Fsp3) is 0.438. The van der Waals surface area contributed by atoms with Crippen LogP contribution < -0.4 is 15.5 Å². The molecule has 7 nitrogen and oxygen atoms in total. The van der Waals surface area contributed by atoms with Gasteiger partial charge >= 0.3 is 0 Å². The van der Waals surface area contributed by atoms with Crippen molar-refractivity contribution >= 4 is 18.0 Å². The van der Waals surface area contributed by atoms with Gasteiger partial charge in [0.05, 0.1) is 12.3 Å². The molecule has 0 aliphatic carbocycles. The third kappa shape index (κ3) is 6.48. The number of hydrazone groups is 1. The summed E-state index contributed by atoms with van der Waals surface area (Å²) in [4.78, 5) is 22.4. The summed E-state index contributed by atoms with van der Waals surface area (Å²) in [5.74, 6) is 0.195. The summed E-state index contributed by atoms with van der Waals surface area (Å²) in [6.07, 6.45) is 3.69. The van der Waals surface area contributed by atoms with Gasteiger partial charge in [-0.25, -0.2) is 5.43 Å². The van der Waals surface area contributed by atoms with E-state index < -0.39 is 0 Å². The molecule has 0 bridgehead atoms. The van der Waals surface area contributed by atoms with Crippen molar-refractivity contribution in [2.24, 2.45) is 5.10 Å². The molecule has 124 valence electrons. The van der Waals surface area contributed by atoms with Crippen LogP contribution in [0.25, 0.3) is 0 Å². The van der Waals surface area contributed by atoms with E-state index in [4.69, 9.17) is 9.47 Å². The zero-order valence-electron chi connectivity index (χ0n) is 13.1. The number of rotatable bonds is 7. The maximum atomic E-state index is 11.7. The van der Waals surface area contributed by atoms with Gasteiger partial charge in [0.2, 0.25) is 5.91 Å². The molecule has 1 aliphatic rings. The predicted octanol–water partition coefficient (Wildman–Crippen LogP) is 0.831. The van der Waals surface area contributed by atoms with E-state index in [1.165, 1.54) is 13.1 Å². The van der Waals surface area contributed by atoms with Gasteiger partial charge in [-0.05, 0) is 42.7 Å². The van der Waals surface area contributed by atoms with Crippen molar-refractivity contribution in [2.45, 2.75) is 25.9 Å². The molecule has 2 amide bonds. The Kier molecular flexibility index (Phi) is 6.56. The van der Waals surface area contributed by atoms with E-state index in [0.29, 0.717) is 12.3 Å². The molecule has 23 heavy (non-hydrogen) atoms. The first kappa shape index (κ1) is 17.0. The van der Waals surface area contributed by atoms with Gasteiger partial charge in [0.25, 0.3) is 5.91 Å². The van der Waals surface area contributed by atoms with Crippen LogP contribution in [0.4, 0.5) is 0 Å². The molecular weight excluding hydrogens is 298 g/mol. The zero-order chi connectivity index (χ0) is 16.5. The highest BCUT2D eigenvalue weighted by molar-refractivity contribution is 5.81. The molecule has 0 aromatic heterocycles. The number of nitrogens with one attached hydrogen (secondary N) is 2. The van der Waals surface area contributed by atoms with Crippen LogP contribution in [0.15, 0.2) is 29.4 Å². The first-order valence-electron chi connectivity index (χ1n) is 7.54. The molecule has 0 radical (unpaired) electrons. The molecule has 7 heteroatoms. The van der Waals surface area contributed by atoms with Crippen LogP contribution in [0.3, 0.4) is 0 Å². The third-order valence-corrected chi connectivity index (χ3v) is 3.24. The summed E-state index contributed by atoms with van der Waals surface area (Å²) in [5, 5.41) is 6.56. The summed E-state index contributed by atoms with van der Waals surface area (Å²) < 4.78 is 10.8. The van der Waals surface area contributed by atoms with E-state index >= 15 is 0 Å². The highest BCUT2D eigenvalue weighted by atomic mass is 16.5. The Morgan fingerprint density at radius 3 is 2.83 bits per heavy atom. The van der Waals surface area contributed by atoms with Gasteiger partial charge in [-0.3, -0.25) is 9.59 Å². The first-order valence-corrected chi connectivity index (χ1v) is 7.54. The number of carbonyl (C=O) groups excluding carboxylic acids is 2. The van der Waals surface area contributed by atoms with Gasteiger partial charge in [-0.2, -0.15) is 5.10 Å².